The van der Waals surface area contributed by atoms with Gasteiger partial charge in [-0.15, -0.1) is 0 Å². The monoisotopic (exact) mass is 412 g/mol. The van der Waals surface area contributed by atoms with E-state index in [1.54, 1.807) is 48.5 Å². The molecule has 0 amide bonds. The van der Waals surface area contributed by atoms with Crippen LogP contribution in [0.3, 0.4) is 0 Å². The normalized spacial score (nSPS) is 15.6. The average molecular weight is 412 g/mol. The van der Waals surface area contributed by atoms with Crippen LogP contribution in [-0.4, -0.2) is 37.9 Å². The van der Waals surface area contributed by atoms with Crippen molar-refractivity contribution in [3.05, 3.63) is 59.7 Å². The highest BCUT2D eigenvalue weighted by molar-refractivity contribution is 5.92. The number of unbranched alkanes of at least 4 members (excludes halogenated alkanes) is 2. The lowest BCUT2D eigenvalue weighted by Gasteiger charge is -2.10. The fourth-order valence-electron chi connectivity index (χ4n) is 3.08. The van der Waals surface area contributed by atoms with Crippen molar-refractivity contribution in [1.29, 1.82) is 0 Å². The van der Waals surface area contributed by atoms with Gasteiger partial charge in [-0.25, -0.2) is 9.59 Å². The minimum Gasteiger partial charge on any atom is -0.494 e. The molecule has 0 aliphatic carbocycles. The molecule has 160 valence electrons. The summed E-state index contributed by atoms with van der Waals surface area (Å²) in [5.74, 6) is 0.197. The van der Waals surface area contributed by atoms with Crippen LogP contribution in [0.2, 0.25) is 0 Å². The Morgan fingerprint density at radius 2 is 1.60 bits per heavy atom. The standard InChI is InChI=1S/C24H28O6/c1-2-3-4-15-27-20-11-7-19(8-12-20)24(26)30-21-13-9-18(10-14-21)23(25)29-17-22-6-5-16-28-22/h7-14,22H,2-6,15-17H2,1H3. The maximum atomic E-state index is 12.3. The largest absolute Gasteiger partial charge is 0.494 e. The lowest BCUT2D eigenvalue weighted by Crippen LogP contribution is -2.17. The lowest BCUT2D eigenvalue weighted by atomic mass is 10.2. The Kier molecular flexibility index (Phi) is 8.27. The number of carbonyl (C=O) groups is 2. The smallest absolute Gasteiger partial charge is 0.343 e. The molecule has 0 bridgehead atoms. The summed E-state index contributed by atoms with van der Waals surface area (Å²) in [5, 5.41) is 0. The van der Waals surface area contributed by atoms with Gasteiger partial charge in [-0.2, -0.15) is 0 Å². The Balaban J connectivity index is 1.47. The van der Waals surface area contributed by atoms with Crippen LogP contribution in [-0.2, 0) is 9.47 Å². The zero-order valence-corrected chi connectivity index (χ0v) is 17.3. The van der Waals surface area contributed by atoms with Gasteiger partial charge < -0.3 is 18.9 Å². The van der Waals surface area contributed by atoms with Crippen LogP contribution >= 0.6 is 0 Å². The van der Waals surface area contributed by atoms with Crippen molar-refractivity contribution in [2.24, 2.45) is 0 Å². The number of hydrogen-bond acceptors (Lipinski definition) is 6. The zero-order valence-electron chi connectivity index (χ0n) is 17.3. The molecule has 3 rings (SSSR count). The summed E-state index contributed by atoms with van der Waals surface area (Å²) >= 11 is 0. The minimum atomic E-state index is -0.471. The van der Waals surface area contributed by atoms with E-state index in [4.69, 9.17) is 18.9 Å². The van der Waals surface area contributed by atoms with E-state index in [9.17, 15) is 9.59 Å². The summed E-state index contributed by atoms with van der Waals surface area (Å²) in [6, 6.07) is 13.2. The summed E-state index contributed by atoms with van der Waals surface area (Å²) in [6.45, 7) is 3.79. The first-order valence-corrected chi connectivity index (χ1v) is 10.5. The van der Waals surface area contributed by atoms with E-state index in [0.717, 1.165) is 44.5 Å². The molecule has 6 heteroatoms. The molecule has 1 unspecified atom stereocenters. The van der Waals surface area contributed by atoms with Crippen molar-refractivity contribution in [3.8, 4) is 11.5 Å². The van der Waals surface area contributed by atoms with Gasteiger partial charge in [0.05, 0.1) is 23.8 Å². The SMILES string of the molecule is CCCCCOc1ccc(C(=O)Oc2ccc(C(=O)OCC3CCCO3)cc2)cc1. The topological polar surface area (TPSA) is 71.1 Å². The summed E-state index contributed by atoms with van der Waals surface area (Å²) < 4.78 is 21.7. The Bertz CT molecular complexity index is 807. The molecule has 1 heterocycles. The fourth-order valence-corrected chi connectivity index (χ4v) is 3.08. The van der Waals surface area contributed by atoms with E-state index in [1.807, 2.05) is 0 Å². The molecule has 1 aliphatic heterocycles. The van der Waals surface area contributed by atoms with E-state index in [1.165, 1.54) is 0 Å². The first-order valence-electron chi connectivity index (χ1n) is 10.5. The second-order valence-corrected chi connectivity index (χ2v) is 7.23. The van der Waals surface area contributed by atoms with Gasteiger partial charge in [0.1, 0.15) is 18.1 Å². The first-order chi connectivity index (χ1) is 14.7. The van der Waals surface area contributed by atoms with Gasteiger partial charge in [-0.1, -0.05) is 19.8 Å². The van der Waals surface area contributed by atoms with Crippen LogP contribution in [0.15, 0.2) is 48.5 Å². The summed E-state index contributed by atoms with van der Waals surface area (Å²) in [4.78, 5) is 24.4. The van der Waals surface area contributed by atoms with Crippen LogP contribution in [0.1, 0.15) is 59.7 Å². The minimum absolute atomic E-state index is 0.0118. The Hall–Kier alpha value is -2.86. The number of rotatable bonds is 10. The van der Waals surface area contributed by atoms with Crippen molar-refractivity contribution in [1.82, 2.24) is 0 Å². The molecule has 0 saturated carbocycles. The van der Waals surface area contributed by atoms with Gasteiger partial charge in [0.2, 0.25) is 0 Å². The third-order valence-electron chi connectivity index (χ3n) is 4.83. The molecule has 2 aromatic carbocycles. The highest BCUT2D eigenvalue weighted by Gasteiger charge is 2.18. The molecule has 2 aromatic rings. The molecule has 0 aromatic heterocycles. The van der Waals surface area contributed by atoms with Gasteiger partial charge in [-0.05, 0) is 67.8 Å². The van der Waals surface area contributed by atoms with E-state index in [2.05, 4.69) is 6.92 Å². The van der Waals surface area contributed by atoms with E-state index in [-0.39, 0.29) is 12.7 Å². The van der Waals surface area contributed by atoms with Crippen molar-refractivity contribution in [3.63, 3.8) is 0 Å². The fraction of sp³-hybridized carbons (Fsp3) is 0.417. The van der Waals surface area contributed by atoms with Crippen molar-refractivity contribution in [2.75, 3.05) is 19.8 Å². The average Bonchev–Trinajstić information content (AvgIpc) is 3.30. The predicted octanol–water partition coefficient (Wildman–Crippen LogP) is 4.81. The molecule has 0 spiro atoms. The highest BCUT2D eigenvalue weighted by atomic mass is 16.6. The number of hydrogen-bond donors (Lipinski definition) is 0. The van der Waals surface area contributed by atoms with E-state index in [0.29, 0.717) is 23.5 Å². The van der Waals surface area contributed by atoms with Gasteiger partial charge >= 0.3 is 11.9 Å². The number of ether oxygens (including phenoxy) is 4. The van der Waals surface area contributed by atoms with Crippen LogP contribution in [0.5, 0.6) is 11.5 Å². The van der Waals surface area contributed by atoms with Crippen LogP contribution in [0.4, 0.5) is 0 Å². The van der Waals surface area contributed by atoms with Crippen molar-refractivity contribution >= 4 is 11.9 Å². The predicted molar refractivity (Wildman–Crippen MR) is 112 cm³/mol. The molecule has 6 nitrogen and oxygen atoms in total. The van der Waals surface area contributed by atoms with Gasteiger partial charge in [0.15, 0.2) is 0 Å². The van der Waals surface area contributed by atoms with Gasteiger partial charge in [0, 0.05) is 6.61 Å². The van der Waals surface area contributed by atoms with Crippen LogP contribution < -0.4 is 9.47 Å². The molecule has 0 N–H and O–H groups in total. The third-order valence-corrected chi connectivity index (χ3v) is 4.83. The molecule has 1 fully saturated rings. The number of esters is 2. The summed E-state index contributed by atoms with van der Waals surface area (Å²) in [7, 11) is 0. The summed E-state index contributed by atoms with van der Waals surface area (Å²) in [6.07, 6.45) is 5.19. The Labute approximate surface area is 177 Å². The molecule has 1 aliphatic rings. The number of benzene rings is 2. The Morgan fingerprint density at radius 3 is 2.23 bits per heavy atom. The second kappa shape index (κ2) is 11.4. The first kappa shape index (κ1) is 21.8. The van der Waals surface area contributed by atoms with Crippen molar-refractivity contribution < 1.29 is 28.5 Å². The molecular weight excluding hydrogens is 384 g/mol. The molecule has 1 atom stereocenters. The molecule has 0 radical (unpaired) electrons. The van der Waals surface area contributed by atoms with Crippen LogP contribution in [0, 0.1) is 0 Å². The third kappa shape index (κ3) is 6.59. The molecular formula is C24H28O6. The molecule has 30 heavy (non-hydrogen) atoms. The lowest BCUT2D eigenvalue weighted by molar-refractivity contribution is 0.0161. The zero-order chi connectivity index (χ0) is 21.2. The van der Waals surface area contributed by atoms with Crippen LogP contribution in [0.25, 0.3) is 0 Å². The van der Waals surface area contributed by atoms with Gasteiger partial charge in [0.25, 0.3) is 0 Å². The van der Waals surface area contributed by atoms with Gasteiger partial charge in [-0.3, -0.25) is 0 Å². The highest BCUT2D eigenvalue weighted by Crippen LogP contribution is 2.18. The maximum absolute atomic E-state index is 12.3. The Morgan fingerprint density at radius 1 is 0.933 bits per heavy atom. The van der Waals surface area contributed by atoms with Crippen molar-refractivity contribution in [2.45, 2.75) is 45.1 Å². The van der Waals surface area contributed by atoms with E-state index < -0.39 is 11.9 Å². The maximum Gasteiger partial charge on any atom is 0.343 e. The van der Waals surface area contributed by atoms with E-state index >= 15 is 0 Å². The summed E-state index contributed by atoms with van der Waals surface area (Å²) in [5.41, 5.74) is 0.827. The molecule has 1 saturated heterocycles. The quantitative estimate of drug-likeness (QED) is 0.317. The second-order valence-electron chi connectivity index (χ2n) is 7.23. The number of carbonyl (C=O) groups excluding carboxylic acids is 2.